The zero-order valence-electron chi connectivity index (χ0n) is 14.2. The second-order valence-corrected chi connectivity index (χ2v) is 8.91. The molecule has 136 valence electrons. The number of amides is 1. The molecule has 8 heteroatoms. The summed E-state index contributed by atoms with van der Waals surface area (Å²) in [7, 11) is -3.44. The first kappa shape index (κ1) is 17.9. The van der Waals surface area contributed by atoms with E-state index in [0.29, 0.717) is 31.7 Å². The van der Waals surface area contributed by atoms with Crippen molar-refractivity contribution in [2.45, 2.75) is 18.2 Å². The minimum Gasteiger partial charge on any atom is -0.481 e. The molecule has 2 aliphatic heterocycles. The molecule has 0 aromatic heterocycles. The van der Waals surface area contributed by atoms with Gasteiger partial charge in [0.2, 0.25) is 0 Å². The molecule has 1 amide bonds. The lowest BCUT2D eigenvalue weighted by molar-refractivity contribution is -0.157. The summed E-state index contributed by atoms with van der Waals surface area (Å²) in [5.74, 6) is -1.50. The summed E-state index contributed by atoms with van der Waals surface area (Å²) in [5, 5.41) is 9.68. The molecule has 1 aromatic rings. The van der Waals surface area contributed by atoms with Crippen LogP contribution in [-0.4, -0.2) is 62.9 Å². The first-order valence-corrected chi connectivity index (χ1v) is 9.95. The first-order valence-electron chi connectivity index (χ1n) is 8.06. The fraction of sp³-hybridized carbons (Fsp3) is 0.529. The van der Waals surface area contributed by atoms with Crippen LogP contribution in [0.2, 0.25) is 0 Å². The van der Waals surface area contributed by atoms with Crippen molar-refractivity contribution in [2.75, 3.05) is 32.6 Å². The van der Waals surface area contributed by atoms with Crippen molar-refractivity contribution in [3.05, 3.63) is 29.3 Å². The van der Waals surface area contributed by atoms with Crippen LogP contribution in [0.1, 0.15) is 22.3 Å². The molecule has 2 heterocycles. The molecule has 0 radical (unpaired) electrons. The third kappa shape index (κ3) is 3.04. The molecule has 0 aliphatic carbocycles. The summed E-state index contributed by atoms with van der Waals surface area (Å²) in [6.07, 6.45) is 1.48. The predicted molar refractivity (Wildman–Crippen MR) is 89.2 cm³/mol. The van der Waals surface area contributed by atoms with Gasteiger partial charge in [-0.1, -0.05) is 6.07 Å². The van der Waals surface area contributed by atoms with Crippen molar-refractivity contribution in [2.24, 2.45) is 11.3 Å². The Kier molecular flexibility index (Phi) is 4.36. The highest BCUT2D eigenvalue weighted by Crippen LogP contribution is 2.42. The van der Waals surface area contributed by atoms with E-state index in [-0.39, 0.29) is 28.8 Å². The van der Waals surface area contributed by atoms with Gasteiger partial charge in [0, 0.05) is 37.4 Å². The summed E-state index contributed by atoms with van der Waals surface area (Å²) in [5.41, 5.74) is -0.145. The molecule has 0 bridgehead atoms. The Hall–Kier alpha value is -1.93. The molecule has 1 N–H and O–H groups in total. The van der Waals surface area contributed by atoms with Crippen molar-refractivity contribution in [1.82, 2.24) is 4.90 Å². The summed E-state index contributed by atoms with van der Waals surface area (Å²) in [6, 6.07) is 4.56. The minimum absolute atomic E-state index is 0.117. The van der Waals surface area contributed by atoms with Gasteiger partial charge in [0.25, 0.3) is 5.91 Å². The number of aryl methyl sites for hydroxylation is 1. The SMILES string of the molecule is Cc1ccc(C(=O)N2C[C@H]3COCC[C@@]3(C(=O)O)C2)cc1S(C)(=O)=O. The van der Waals surface area contributed by atoms with Crippen LogP contribution in [0.5, 0.6) is 0 Å². The number of carboxylic acids is 1. The van der Waals surface area contributed by atoms with Crippen molar-refractivity contribution in [1.29, 1.82) is 0 Å². The number of ether oxygens (including phenoxy) is 1. The summed E-state index contributed by atoms with van der Waals surface area (Å²) >= 11 is 0. The molecular formula is C17H21NO6S. The average Bonchev–Trinajstić information content (AvgIpc) is 2.94. The van der Waals surface area contributed by atoms with E-state index < -0.39 is 21.2 Å². The number of carboxylic acid groups (broad SMARTS) is 1. The fourth-order valence-corrected chi connectivity index (χ4v) is 4.76. The van der Waals surface area contributed by atoms with Gasteiger partial charge in [0.05, 0.1) is 16.9 Å². The van der Waals surface area contributed by atoms with E-state index >= 15 is 0 Å². The van der Waals surface area contributed by atoms with E-state index in [1.54, 1.807) is 19.1 Å². The van der Waals surface area contributed by atoms with E-state index in [1.807, 2.05) is 0 Å². The Bertz CT molecular complexity index is 834. The highest BCUT2D eigenvalue weighted by molar-refractivity contribution is 7.90. The van der Waals surface area contributed by atoms with Gasteiger partial charge in [-0.2, -0.15) is 0 Å². The van der Waals surface area contributed by atoms with Crippen LogP contribution in [0.3, 0.4) is 0 Å². The van der Waals surface area contributed by atoms with Gasteiger partial charge in [-0.3, -0.25) is 9.59 Å². The molecule has 3 rings (SSSR count). The number of hydrogen-bond acceptors (Lipinski definition) is 5. The number of carbonyl (C=O) groups excluding carboxylic acids is 1. The predicted octanol–water partition coefficient (Wildman–Crippen LogP) is 0.962. The first-order chi connectivity index (χ1) is 11.6. The number of sulfone groups is 1. The molecule has 2 fully saturated rings. The normalized spacial score (nSPS) is 26.3. The Morgan fingerprint density at radius 1 is 1.36 bits per heavy atom. The third-order valence-corrected chi connectivity index (χ3v) is 6.49. The van der Waals surface area contributed by atoms with E-state index in [0.717, 1.165) is 6.26 Å². The third-order valence-electron chi connectivity index (χ3n) is 5.25. The number of fused-ring (bicyclic) bond motifs is 1. The van der Waals surface area contributed by atoms with Crippen LogP contribution in [0.4, 0.5) is 0 Å². The Morgan fingerprint density at radius 3 is 2.68 bits per heavy atom. The van der Waals surface area contributed by atoms with Crippen molar-refractivity contribution >= 4 is 21.7 Å². The summed E-state index contributed by atoms with van der Waals surface area (Å²) in [6.45, 7) is 2.78. The molecule has 2 aliphatic rings. The van der Waals surface area contributed by atoms with Gasteiger partial charge >= 0.3 is 5.97 Å². The van der Waals surface area contributed by atoms with Gasteiger partial charge in [-0.15, -0.1) is 0 Å². The van der Waals surface area contributed by atoms with E-state index in [4.69, 9.17) is 4.74 Å². The maximum absolute atomic E-state index is 12.8. The lowest BCUT2D eigenvalue weighted by Crippen LogP contribution is -2.45. The van der Waals surface area contributed by atoms with E-state index in [9.17, 15) is 23.1 Å². The van der Waals surface area contributed by atoms with Crippen LogP contribution in [0.25, 0.3) is 0 Å². The fourth-order valence-electron chi connectivity index (χ4n) is 3.77. The Labute approximate surface area is 146 Å². The monoisotopic (exact) mass is 367 g/mol. The molecule has 0 spiro atoms. The lowest BCUT2D eigenvalue weighted by atomic mass is 9.74. The Balaban J connectivity index is 1.91. The lowest BCUT2D eigenvalue weighted by Gasteiger charge is -2.33. The van der Waals surface area contributed by atoms with Gasteiger partial charge in [0.15, 0.2) is 9.84 Å². The second-order valence-electron chi connectivity index (χ2n) is 6.92. The molecule has 0 saturated carbocycles. The van der Waals surface area contributed by atoms with Crippen molar-refractivity contribution in [3.8, 4) is 0 Å². The number of rotatable bonds is 3. The maximum Gasteiger partial charge on any atom is 0.311 e. The van der Waals surface area contributed by atoms with Crippen molar-refractivity contribution < 1.29 is 27.9 Å². The van der Waals surface area contributed by atoms with Crippen LogP contribution in [-0.2, 0) is 19.4 Å². The summed E-state index contributed by atoms with van der Waals surface area (Å²) < 4.78 is 29.1. The number of carbonyl (C=O) groups is 2. The number of hydrogen-bond donors (Lipinski definition) is 1. The molecule has 0 unspecified atom stereocenters. The number of aliphatic carboxylic acids is 1. The average molecular weight is 367 g/mol. The molecule has 2 atom stereocenters. The minimum atomic E-state index is -3.44. The number of nitrogens with zero attached hydrogens (tertiary/aromatic N) is 1. The smallest absolute Gasteiger partial charge is 0.311 e. The number of benzene rings is 1. The highest BCUT2D eigenvalue weighted by atomic mass is 32.2. The second kappa shape index (κ2) is 6.10. The Morgan fingerprint density at radius 2 is 2.08 bits per heavy atom. The zero-order valence-corrected chi connectivity index (χ0v) is 15.0. The molecule has 2 saturated heterocycles. The quantitative estimate of drug-likeness (QED) is 0.854. The maximum atomic E-state index is 12.8. The standard InChI is InChI=1S/C17H21NO6S/c1-11-3-4-12(7-14(11)25(2,22)23)15(19)18-8-13-9-24-6-5-17(13,10-18)16(20)21/h3-4,7,13H,5-6,8-10H2,1-2H3,(H,20,21)/t13-,17+/m0/s1. The zero-order chi connectivity index (χ0) is 18.4. The highest BCUT2D eigenvalue weighted by Gasteiger charge is 2.54. The molecule has 25 heavy (non-hydrogen) atoms. The van der Waals surface area contributed by atoms with Crippen LogP contribution < -0.4 is 0 Å². The molecule has 1 aromatic carbocycles. The van der Waals surface area contributed by atoms with Crippen LogP contribution in [0, 0.1) is 18.3 Å². The van der Waals surface area contributed by atoms with Gasteiger partial charge in [-0.25, -0.2) is 8.42 Å². The van der Waals surface area contributed by atoms with E-state index in [2.05, 4.69) is 0 Å². The number of likely N-dealkylation sites (tertiary alicyclic amines) is 1. The molecule has 7 nitrogen and oxygen atoms in total. The molecular weight excluding hydrogens is 346 g/mol. The van der Waals surface area contributed by atoms with Gasteiger partial charge in [0.1, 0.15) is 0 Å². The van der Waals surface area contributed by atoms with Crippen molar-refractivity contribution in [3.63, 3.8) is 0 Å². The van der Waals surface area contributed by atoms with Crippen LogP contribution >= 0.6 is 0 Å². The summed E-state index contributed by atoms with van der Waals surface area (Å²) in [4.78, 5) is 26.3. The topological polar surface area (TPSA) is 101 Å². The van der Waals surface area contributed by atoms with E-state index in [1.165, 1.54) is 11.0 Å². The largest absolute Gasteiger partial charge is 0.481 e. The van der Waals surface area contributed by atoms with Gasteiger partial charge < -0.3 is 14.7 Å². The van der Waals surface area contributed by atoms with Gasteiger partial charge in [-0.05, 0) is 31.0 Å². The van der Waals surface area contributed by atoms with Crippen LogP contribution in [0.15, 0.2) is 23.1 Å².